The largest absolute Gasteiger partial charge is 0.333 e. The maximum Gasteiger partial charge on any atom is 0.255 e. The van der Waals surface area contributed by atoms with E-state index in [0.717, 1.165) is 46.1 Å². The second kappa shape index (κ2) is 7.56. The molecule has 0 aliphatic carbocycles. The number of carbonyl (C=O) groups is 1. The van der Waals surface area contributed by atoms with Gasteiger partial charge in [-0.2, -0.15) is 0 Å². The van der Waals surface area contributed by atoms with Gasteiger partial charge in [-0.15, -0.1) is 0 Å². The number of pyridine rings is 1. The normalized spacial score (nSPS) is 19.8. The number of halogens is 1. The van der Waals surface area contributed by atoms with E-state index in [0.29, 0.717) is 5.02 Å². The van der Waals surface area contributed by atoms with Gasteiger partial charge >= 0.3 is 0 Å². The van der Waals surface area contributed by atoms with Gasteiger partial charge in [0.15, 0.2) is 0 Å². The van der Waals surface area contributed by atoms with Crippen molar-refractivity contribution in [3.05, 3.63) is 64.7 Å². The number of carbonyl (C=O) groups excluding carboxylic acids is 1. The van der Waals surface area contributed by atoms with Crippen LogP contribution in [0.1, 0.15) is 49.0 Å². The second-order valence-electron chi connectivity index (χ2n) is 7.83. The van der Waals surface area contributed by atoms with E-state index < -0.39 is 0 Å². The molecule has 0 saturated carbocycles. The van der Waals surface area contributed by atoms with Crippen LogP contribution in [0.3, 0.4) is 0 Å². The van der Waals surface area contributed by atoms with Crippen molar-refractivity contribution < 1.29 is 4.79 Å². The Bertz CT molecular complexity index is 1020. The van der Waals surface area contributed by atoms with Crippen LogP contribution < -0.4 is 0 Å². The van der Waals surface area contributed by atoms with Gasteiger partial charge < -0.3 is 4.90 Å². The van der Waals surface area contributed by atoms with Crippen molar-refractivity contribution in [2.24, 2.45) is 0 Å². The molecule has 1 saturated heterocycles. The van der Waals surface area contributed by atoms with Crippen molar-refractivity contribution in [2.75, 3.05) is 0 Å². The summed E-state index contributed by atoms with van der Waals surface area (Å²) in [4.78, 5) is 20.7. The molecule has 1 amide bonds. The number of rotatable bonds is 2. The van der Waals surface area contributed by atoms with Crippen molar-refractivity contribution in [1.29, 1.82) is 0 Å². The molecule has 2 atom stereocenters. The summed E-state index contributed by atoms with van der Waals surface area (Å²) in [5, 5.41) is 1.61. The quantitative estimate of drug-likeness (QED) is 0.515. The lowest BCUT2D eigenvalue weighted by molar-refractivity contribution is 0.0512. The van der Waals surface area contributed by atoms with Crippen molar-refractivity contribution in [1.82, 2.24) is 9.88 Å². The van der Waals surface area contributed by atoms with Crippen LogP contribution >= 0.6 is 11.6 Å². The number of benzene rings is 2. The molecular weight excluding hydrogens is 368 g/mol. The summed E-state index contributed by atoms with van der Waals surface area (Å²) in [7, 11) is 0. The molecule has 3 nitrogen and oxygen atoms in total. The summed E-state index contributed by atoms with van der Waals surface area (Å²) in [6.07, 6.45) is 3.29. The Hall–Kier alpha value is -2.39. The molecule has 4 heteroatoms. The molecule has 1 aliphatic heterocycles. The predicted octanol–water partition coefficient (Wildman–Crippen LogP) is 6.27. The first kappa shape index (κ1) is 18.9. The average molecular weight is 393 g/mol. The molecule has 144 valence electrons. The van der Waals surface area contributed by atoms with E-state index in [-0.39, 0.29) is 18.0 Å². The van der Waals surface area contributed by atoms with Crippen LogP contribution in [0.25, 0.3) is 22.2 Å². The highest BCUT2D eigenvalue weighted by molar-refractivity contribution is 6.30. The molecule has 0 N–H and O–H groups in total. The molecule has 28 heavy (non-hydrogen) atoms. The molecular formula is C24H25ClN2O. The van der Waals surface area contributed by atoms with E-state index in [4.69, 9.17) is 16.6 Å². The number of likely N-dealkylation sites (tertiary alicyclic amines) is 1. The van der Waals surface area contributed by atoms with Gasteiger partial charge in [-0.1, -0.05) is 41.9 Å². The predicted molar refractivity (Wildman–Crippen MR) is 116 cm³/mol. The molecule has 0 spiro atoms. The molecule has 1 fully saturated rings. The standard InChI is InChI=1S/C24H25ClN2O/c1-15-7-6-8-16(2)27(15)24(28)22-17(3)23(18-11-13-19(25)14-12-18)26-21-10-5-4-9-20(21)22/h4-5,9-16H,6-8H2,1-3H3. The van der Waals surface area contributed by atoms with Crippen LogP contribution in [0, 0.1) is 6.92 Å². The summed E-state index contributed by atoms with van der Waals surface area (Å²) < 4.78 is 0. The van der Waals surface area contributed by atoms with Gasteiger partial charge in [0.05, 0.1) is 16.8 Å². The summed E-state index contributed by atoms with van der Waals surface area (Å²) in [6.45, 7) is 6.33. The van der Waals surface area contributed by atoms with E-state index in [1.807, 2.05) is 55.5 Å². The van der Waals surface area contributed by atoms with Gasteiger partial charge in [0.1, 0.15) is 0 Å². The van der Waals surface area contributed by atoms with Crippen LogP contribution in [0.15, 0.2) is 48.5 Å². The smallest absolute Gasteiger partial charge is 0.255 e. The number of amides is 1. The van der Waals surface area contributed by atoms with Crippen LogP contribution in [-0.2, 0) is 0 Å². The van der Waals surface area contributed by atoms with Gasteiger partial charge in [0.2, 0.25) is 0 Å². The summed E-state index contributed by atoms with van der Waals surface area (Å²) in [6, 6.07) is 16.1. The number of hydrogen-bond donors (Lipinski definition) is 0. The van der Waals surface area contributed by atoms with E-state index in [2.05, 4.69) is 18.7 Å². The van der Waals surface area contributed by atoms with Crippen LogP contribution in [0.5, 0.6) is 0 Å². The van der Waals surface area contributed by atoms with E-state index in [1.54, 1.807) is 0 Å². The minimum absolute atomic E-state index is 0.117. The van der Waals surface area contributed by atoms with E-state index in [9.17, 15) is 4.79 Å². The minimum atomic E-state index is 0.117. The number of aromatic nitrogens is 1. The van der Waals surface area contributed by atoms with Gasteiger partial charge in [0, 0.05) is 28.1 Å². The summed E-state index contributed by atoms with van der Waals surface area (Å²) in [5.41, 5.74) is 4.36. The third-order valence-electron chi connectivity index (χ3n) is 5.90. The van der Waals surface area contributed by atoms with Gasteiger partial charge in [-0.3, -0.25) is 4.79 Å². The minimum Gasteiger partial charge on any atom is -0.333 e. The Kier molecular flexibility index (Phi) is 5.11. The first-order valence-corrected chi connectivity index (χ1v) is 10.3. The van der Waals surface area contributed by atoms with E-state index in [1.165, 1.54) is 6.42 Å². The molecule has 4 rings (SSSR count). The monoisotopic (exact) mass is 392 g/mol. The number of piperidine rings is 1. The third-order valence-corrected chi connectivity index (χ3v) is 6.15. The number of hydrogen-bond acceptors (Lipinski definition) is 2. The molecule has 2 heterocycles. The zero-order chi connectivity index (χ0) is 19.8. The Labute approximate surface area is 171 Å². The fraction of sp³-hybridized carbons (Fsp3) is 0.333. The van der Waals surface area contributed by atoms with E-state index >= 15 is 0 Å². The van der Waals surface area contributed by atoms with Crippen molar-refractivity contribution in [2.45, 2.75) is 52.1 Å². The zero-order valence-electron chi connectivity index (χ0n) is 16.6. The lowest BCUT2D eigenvalue weighted by atomic mass is 9.93. The zero-order valence-corrected chi connectivity index (χ0v) is 17.3. The Morgan fingerprint density at radius 2 is 1.68 bits per heavy atom. The summed E-state index contributed by atoms with van der Waals surface area (Å²) in [5.74, 6) is 0.117. The first-order chi connectivity index (χ1) is 13.5. The molecule has 3 aromatic rings. The first-order valence-electron chi connectivity index (χ1n) is 9.95. The molecule has 1 aromatic heterocycles. The second-order valence-corrected chi connectivity index (χ2v) is 8.26. The molecule has 0 bridgehead atoms. The van der Waals surface area contributed by atoms with Gasteiger partial charge in [-0.25, -0.2) is 4.98 Å². The van der Waals surface area contributed by atoms with Crippen molar-refractivity contribution >= 4 is 28.4 Å². The Morgan fingerprint density at radius 1 is 1.04 bits per heavy atom. The maximum atomic E-state index is 13.8. The Morgan fingerprint density at radius 3 is 2.36 bits per heavy atom. The maximum absolute atomic E-state index is 13.8. The highest BCUT2D eigenvalue weighted by atomic mass is 35.5. The highest BCUT2D eigenvalue weighted by Crippen LogP contribution is 2.33. The van der Waals surface area contributed by atoms with Crippen LogP contribution in [0.2, 0.25) is 5.02 Å². The number of para-hydroxylation sites is 1. The topological polar surface area (TPSA) is 33.2 Å². The number of nitrogens with zero attached hydrogens (tertiary/aromatic N) is 2. The Balaban J connectivity index is 1.92. The lowest BCUT2D eigenvalue weighted by Gasteiger charge is -2.39. The fourth-order valence-corrected chi connectivity index (χ4v) is 4.55. The SMILES string of the molecule is Cc1c(-c2ccc(Cl)cc2)nc2ccccc2c1C(=O)N1C(C)CCCC1C. The van der Waals surface area contributed by atoms with Crippen molar-refractivity contribution in [3.8, 4) is 11.3 Å². The fourth-order valence-electron chi connectivity index (χ4n) is 4.42. The highest BCUT2D eigenvalue weighted by Gasteiger charge is 2.32. The molecule has 2 unspecified atom stereocenters. The summed E-state index contributed by atoms with van der Waals surface area (Å²) >= 11 is 6.07. The van der Waals surface area contributed by atoms with Gasteiger partial charge in [-0.05, 0) is 63.8 Å². The molecule has 0 radical (unpaired) electrons. The van der Waals surface area contributed by atoms with Crippen LogP contribution in [0.4, 0.5) is 0 Å². The average Bonchev–Trinajstić information content (AvgIpc) is 2.68. The third kappa shape index (κ3) is 3.29. The number of fused-ring (bicyclic) bond motifs is 1. The molecule has 1 aliphatic rings. The van der Waals surface area contributed by atoms with Crippen molar-refractivity contribution in [3.63, 3.8) is 0 Å². The molecule has 2 aromatic carbocycles. The van der Waals surface area contributed by atoms with Crippen LogP contribution in [-0.4, -0.2) is 27.9 Å². The van der Waals surface area contributed by atoms with Gasteiger partial charge in [0.25, 0.3) is 5.91 Å². The lowest BCUT2D eigenvalue weighted by Crippen LogP contribution is -2.47.